The smallest absolute Gasteiger partial charge is 0.408 e. The molecule has 12 nitrogen and oxygen atoms in total. The molecule has 1 saturated heterocycles. The van der Waals surface area contributed by atoms with Gasteiger partial charge in [0.25, 0.3) is 0 Å². The van der Waals surface area contributed by atoms with Gasteiger partial charge in [-0.2, -0.15) is 4.98 Å². The Balaban J connectivity index is 2.16. The van der Waals surface area contributed by atoms with Crippen LogP contribution in [0.25, 0.3) is 0 Å². The summed E-state index contributed by atoms with van der Waals surface area (Å²) in [7, 11) is 0. The predicted molar refractivity (Wildman–Crippen MR) is 132 cm³/mol. The molecule has 0 saturated carbocycles. The number of nitrogens with zero attached hydrogens (tertiary/aromatic N) is 2. The number of nitrogens with one attached hydrogen (secondary N) is 3. The van der Waals surface area contributed by atoms with Crippen molar-refractivity contribution in [1.29, 1.82) is 0 Å². The van der Waals surface area contributed by atoms with E-state index in [1.54, 1.807) is 20.8 Å². The van der Waals surface area contributed by atoms with E-state index in [0.29, 0.717) is 19.4 Å². The Labute approximate surface area is 215 Å². The molecule has 0 aliphatic carbocycles. The molecule has 1 fully saturated rings. The van der Waals surface area contributed by atoms with Gasteiger partial charge >= 0.3 is 11.8 Å². The minimum Gasteiger partial charge on any atom is -0.444 e. The van der Waals surface area contributed by atoms with Gasteiger partial charge in [-0.3, -0.25) is 14.2 Å². The Morgan fingerprint density at radius 1 is 1.24 bits per heavy atom. The second-order valence-electron chi connectivity index (χ2n) is 10.3. The second-order valence-corrected chi connectivity index (χ2v) is 10.3. The average Bonchev–Trinajstić information content (AvgIpc) is 3.07. The fourth-order valence-electron chi connectivity index (χ4n) is 3.93. The van der Waals surface area contributed by atoms with Crippen LogP contribution in [0.15, 0.2) is 11.0 Å². The lowest BCUT2D eigenvalue weighted by molar-refractivity contribution is -0.119. The summed E-state index contributed by atoms with van der Waals surface area (Å²) in [6.45, 7) is 10.2. The van der Waals surface area contributed by atoms with Gasteiger partial charge < -0.3 is 30.5 Å². The molecule has 2 heterocycles. The van der Waals surface area contributed by atoms with Gasteiger partial charge in [-0.15, -0.1) is 0 Å². The normalized spacial score (nSPS) is 22.3. The number of rotatable bonds is 10. The fourth-order valence-corrected chi connectivity index (χ4v) is 3.93. The largest absolute Gasteiger partial charge is 0.444 e. The Morgan fingerprint density at radius 3 is 2.49 bits per heavy atom. The van der Waals surface area contributed by atoms with Crippen LogP contribution in [0.3, 0.4) is 0 Å². The molecule has 13 heteroatoms. The second kappa shape index (κ2) is 13.0. The molecule has 0 bridgehead atoms. The van der Waals surface area contributed by atoms with Crippen molar-refractivity contribution < 1.29 is 33.4 Å². The molecule has 0 radical (unpaired) electrons. The summed E-state index contributed by atoms with van der Waals surface area (Å²) >= 11 is 0. The van der Waals surface area contributed by atoms with Gasteiger partial charge in [-0.1, -0.05) is 13.8 Å². The van der Waals surface area contributed by atoms with Crippen molar-refractivity contribution in [2.45, 2.75) is 84.8 Å². The number of unbranched alkanes of at least 4 members (excludes halogenated alkanes) is 1. The summed E-state index contributed by atoms with van der Waals surface area (Å²) in [4.78, 5) is 52.6. The van der Waals surface area contributed by atoms with E-state index >= 15 is 0 Å². The summed E-state index contributed by atoms with van der Waals surface area (Å²) in [5, 5.41) is 16.9. The number of aromatic nitrogens is 2. The number of amides is 3. The van der Waals surface area contributed by atoms with Crippen molar-refractivity contribution in [2.75, 3.05) is 18.5 Å². The van der Waals surface area contributed by atoms with Crippen molar-refractivity contribution in [3.63, 3.8) is 0 Å². The molecular weight excluding hydrogens is 489 g/mol. The van der Waals surface area contributed by atoms with Gasteiger partial charge in [0.2, 0.25) is 11.8 Å². The van der Waals surface area contributed by atoms with Crippen molar-refractivity contribution in [3.8, 4) is 0 Å². The molecule has 37 heavy (non-hydrogen) atoms. The third kappa shape index (κ3) is 8.78. The maximum atomic E-state index is 14.9. The molecule has 1 aromatic rings. The monoisotopic (exact) mass is 527 g/mol. The number of aliphatic hydroxyl groups is 1. The molecule has 0 aromatic carbocycles. The van der Waals surface area contributed by atoms with E-state index in [1.807, 2.05) is 13.8 Å². The lowest BCUT2D eigenvalue weighted by Gasteiger charge is -2.23. The summed E-state index contributed by atoms with van der Waals surface area (Å²) in [5.74, 6) is -2.79. The van der Waals surface area contributed by atoms with Gasteiger partial charge in [0.15, 0.2) is 11.6 Å². The molecule has 3 amide bonds. The fraction of sp³-hybridized carbons (Fsp3) is 0.708. The molecule has 2 rings (SSSR count). The van der Waals surface area contributed by atoms with Crippen LogP contribution in [-0.4, -0.2) is 63.5 Å². The first-order valence-corrected chi connectivity index (χ1v) is 12.3. The number of alkyl carbamates (subject to hydrolysis) is 1. The maximum absolute atomic E-state index is 14.9. The lowest BCUT2D eigenvalue weighted by atomic mass is 9.93. The van der Waals surface area contributed by atoms with E-state index < -0.39 is 53.3 Å². The van der Waals surface area contributed by atoms with Gasteiger partial charge in [0.05, 0.1) is 18.9 Å². The molecule has 1 unspecified atom stereocenters. The van der Waals surface area contributed by atoms with Crippen molar-refractivity contribution in [3.05, 3.63) is 22.5 Å². The van der Waals surface area contributed by atoms with E-state index in [9.17, 15) is 28.7 Å². The highest BCUT2D eigenvalue weighted by molar-refractivity contribution is 5.95. The van der Waals surface area contributed by atoms with Crippen LogP contribution in [-0.2, 0) is 19.1 Å². The Bertz CT molecular complexity index is 1030. The zero-order chi connectivity index (χ0) is 27.9. The average molecular weight is 528 g/mol. The topological polar surface area (TPSA) is 161 Å². The SMILES string of the molecule is CC(=O)NCCCC[C@@H](NC(=O)OC(C)(C)C)C(=O)Nc1nc(=O)n([C@@H]2O[C@H](CO)C(C)[C@@H]2C)cc1F. The minimum absolute atomic E-state index is 0.0744. The van der Waals surface area contributed by atoms with E-state index in [-0.39, 0.29) is 30.8 Å². The zero-order valence-electron chi connectivity index (χ0n) is 22.2. The van der Waals surface area contributed by atoms with Crippen LogP contribution in [0.2, 0.25) is 0 Å². The molecule has 208 valence electrons. The lowest BCUT2D eigenvalue weighted by Crippen LogP contribution is -2.46. The molecule has 0 spiro atoms. The first-order valence-electron chi connectivity index (χ1n) is 12.3. The highest BCUT2D eigenvalue weighted by atomic mass is 19.1. The summed E-state index contributed by atoms with van der Waals surface area (Å²) in [6, 6.07) is -1.11. The van der Waals surface area contributed by atoms with Gasteiger partial charge in [-0.25, -0.2) is 14.0 Å². The minimum atomic E-state index is -1.11. The highest BCUT2D eigenvalue weighted by Crippen LogP contribution is 2.38. The summed E-state index contributed by atoms with van der Waals surface area (Å²) < 4.78 is 26.9. The first-order chi connectivity index (χ1) is 17.2. The molecule has 5 atom stereocenters. The Morgan fingerprint density at radius 2 is 1.92 bits per heavy atom. The van der Waals surface area contributed by atoms with Crippen LogP contribution in [0.5, 0.6) is 0 Å². The van der Waals surface area contributed by atoms with Crippen molar-refractivity contribution in [2.24, 2.45) is 11.8 Å². The van der Waals surface area contributed by atoms with Crippen LogP contribution in [0.4, 0.5) is 15.0 Å². The number of carbonyl (C=O) groups is 3. The molecule has 1 aromatic heterocycles. The van der Waals surface area contributed by atoms with E-state index in [4.69, 9.17) is 9.47 Å². The quantitative estimate of drug-likeness (QED) is 0.334. The van der Waals surface area contributed by atoms with E-state index in [1.165, 1.54) is 6.92 Å². The van der Waals surface area contributed by atoms with Crippen LogP contribution in [0.1, 0.15) is 67.0 Å². The van der Waals surface area contributed by atoms with Crippen LogP contribution >= 0.6 is 0 Å². The highest BCUT2D eigenvalue weighted by Gasteiger charge is 2.40. The van der Waals surface area contributed by atoms with Crippen molar-refractivity contribution >= 4 is 23.7 Å². The number of ether oxygens (including phenoxy) is 2. The first kappa shape index (κ1) is 30.2. The number of carbonyl (C=O) groups excluding carboxylic acids is 3. The molecular formula is C24H38FN5O7. The third-order valence-electron chi connectivity index (χ3n) is 6.08. The van der Waals surface area contributed by atoms with E-state index in [0.717, 1.165) is 10.8 Å². The number of anilines is 1. The van der Waals surface area contributed by atoms with Crippen molar-refractivity contribution in [1.82, 2.24) is 20.2 Å². The summed E-state index contributed by atoms with van der Waals surface area (Å²) in [5.41, 5.74) is -1.65. The van der Waals surface area contributed by atoms with Gasteiger partial charge in [-0.05, 0) is 46.0 Å². The predicted octanol–water partition coefficient (Wildman–Crippen LogP) is 1.68. The van der Waals surface area contributed by atoms with Crippen LogP contribution < -0.4 is 21.6 Å². The summed E-state index contributed by atoms with van der Waals surface area (Å²) in [6.07, 6.45) is -0.101. The zero-order valence-corrected chi connectivity index (χ0v) is 22.2. The molecule has 4 N–H and O–H groups in total. The molecule has 1 aliphatic heterocycles. The van der Waals surface area contributed by atoms with Crippen LogP contribution in [0, 0.1) is 17.7 Å². The number of aliphatic hydroxyl groups excluding tert-OH is 1. The number of hydrogen-bond acceptors (Lipinski definition) is 8. The molecule has 1 aliphatic rings. The standard InChI is InChI=1S/C24H38FN5O7/c1-13-14(2)21(36-18(13)12-31)30-11-16(25)19(29-22(30)34)28-20(33)17(9-7-8-10-26-15(3)32)27-23(35)37-24(4,5)6/h11,13-14,17-18,21,31H,7-10,12H2,1-6H3,(H,26,32)(H,27,35)(H,28,29,33,34)/t13?,14-,17+,18+,21+/m0/s1. The van der Waals surface area contributed by atoms with E-state index in [2.05, 4.69) is 20.9 Å². The number of hydrogen-bond donors (Lipinski definition) is 4. The van der Waals surface area contributed by atoms with Gasteiger partial charge in [0, 0.05) is 19.4 Å². The Hall–Kier alpha value is -3.06. The maximum Gasteiger partial charge on any atom is 0.408 e. The third-order valence-corrected chi connectivity index (χ3v) is 6.08. The Kier molecular flexibility index (Phi) is 10.6. The number of halogens is 1. The van der Waals surface area contributed by atoms with Gasteiger partial charge in [0.1, 0.15) is 17.9 Å².